The van der Waals surface area contributed by atoms with Crippen LogP contribution in [0.1, 0.15) is 25.7 Å². The molecule has 2 rings (SSSR count). The monoisotopic (exact) mass is 388 g/mol. The lowest BCUT2D eigenvalue weighted by molar-refractivity contribution is 0.279. The minimum atomic E-state index is 0.249. The van der Waals surface area contributed by atoms with Crippen LogP contribution in [0.4, 0.5) is 5.69 Å². The summed E-state index contributed by atoms with van der Waals surface area (Å²) in [6.45, 7) is 4.44. The Labute approximate surface area is 128 Å². The van der Waals surface area contributed by atoms with Crippen molar-refractivity contribution in [3.63, 3.8) is 0 Å². The zero-order valence-electron chi connectivity index (χ0n) is 10.6. The first kappa shape index (κ1) is 14.3. The molecule has 0 spiro atoms. The van der Waals surface area contributed by atoms with Crippen molar-refractivity contribution >= 4 is 37.5 Å². The van der Waals surface area contributed by atoms with E-state index >= 15 is 0 Å². The highest BCUT2D eigenvalue weighted by Gasteiger charge is 2.12. The molecule has 0 radical (unpaired) electrons. The van der Waals surface area contributed by atoms with E-state index in [0.717, 1.165) is 14.8 Å². The molecule has 0 aliphatic heterocycles. The van der Waals surface area contributed by atoms with Crippen LogP contribution in [0.25, 0.3) is 0 Å². The zero-order chi connectivity index (χ0) is 14.0. The van der Waals surface area contributed by atoms with Crippen molar-refractivity contribution in [2.75, 3.05) is 5.73 Å². The predicted octanol–water partition coefficient (Wildman–Crippen LogP) is 3.55. The largest absolute Gasteiger partial charge is 0.483 e. The number of aromatic nitrogens is 3. The fraction of sp³-hybridized carbons (Fsp3) is 0.333. The van der Waals surface area contributed by atoms with E-state index in [1.54, 1.807) is 12.1 Å². The molecule has 2 aromatic rings. The van der Waals surface area contributed by atoms with Gasteiger partial charge in [-0.2, -0.15) is 5.10 Å². The molecule has 102 valence electrons. The number of nitrogens with zero attached hydrogens (tertiary/aromatic N) is 3. The van der Waals surface area contributed by atoms with E-state index < -0.39 is 0 Å². The Kier molecular flexibility index (Phi) is 4.46. The highest BCUT2D eigenvalue weighted by atomic mass is 79.9. The molecule has 19 heavy (non-hydrogen) atoms. The Morgan fingerprint density at radius 3 is 2.53 bits per heavy atom. The van der Waals surface area contributed by atoms with Gasteiger partial charge in [0, 0.05) is 11.7 Å². The van der Waals surface area contributed by atoms with Crippen molar-refractivity contribution in [2.24, 2.45) is 0 Å². The Morgan fingerprint density at radius 1 is 1.32 bits per heavy atom. The summed E-state index contributed by atoms with van der Waals surface area (Å²) in [5, 5.41) is 4.17. The van der Waals surface area contributed by atoms with Gasteiger partial charge in [0.15, 0.2) is 5.82 Å². The van der Waals surface area contributed by atoms with Crippen molar-refractivity contribution < 1.29 is 4.74 Å². The van der Waals surface area contributed by atoms with Crippen molar-refractivity contribution in [2.45, 2.75) is 26.5 Å². The second-order valence-corrected chi connectivity index (χ2v) is 6.03. The summed E-state index contributed by atoms with van der Waals surface area (Å²) in [6.07, 6.45) is 1.53. The molecule has 7 heteroatoms. The average Bonchev–Trinajstić information content (AvgIpc) is 2.75. The summed E-state index contributed by atoms with van der Waals surface area (Å²) in [6, 6.07) is 3.85. The van der Waals surface area contributed by atoms with Gasteiger partial charge in [-0.05, 0) is 57.8 Å². The van der Waals surface area contributed by atoms with Crippen LogP contribution < -0.4 is 10.5 Å². The summed E-state index contributed by atoms with van der Waals surface area (Å²) < 4.78 is 9.22. The Balaban J connectivity index is 2.17. The molecule has 0 fully saturated rings. The van der Waals surface area contributed by atoms with Crippen molar-refractivity contribution in [3.05, 3.63) is 33.2 Å². The second kappa shape index (κ2) is 5.92. The van der Waals surface area contributed by atoms with Gasteiger partial charge in [0.05, 0.1) is 8.95 Å². The van der Waals surface area contributed by atoms with E-state index in [9.17, 15) is 0 Å². The van der Waals surface area contributed by atoms with E-state index in [0.29, 0.717) is 18.0 Å². The summed E-state index contributed by atoms with van der Waals surface area (Å²) in [5.41, 5.74) is 6.40. The first-order valence-corrected chi connectivity index (χ1v) is 7.33. The van der Waals surface area contributed by atoms with Crippen LogP contribution in [0.5, 0.6) is 5.75 Å². The molecule has 0 aliphatic carbocycles. The maximum Gasteiger partial charge on any atom is 0.165 e. The number of hydrogen-bond acceptors (Lipinski definition) is 4. The number of nitrogens with two attached hydrogens (primary N) is 1. The lowest BCUT2D eigenvalue weighted by atomic mass is 10.3. The molecular weight excluding hydrogens is 376 g/mol. The predicted molar refractivity (Wildman–Crippen MR) is 81.0 cm³/mol. The quantitative estimate of drug-likeness (QED) is 0.812. The molecule has 2 N–H and O–H groups in total. The van der Waals surface area contributed by atoms with Gasteiger partial charge in [-0.15, -0.1) is 0 Å². The van der Waals surface area contributed by atoms with Crippen LogP contribution in [-0.4, -0.2) is 14.8 Å². The average molecular weight is 390 g/mol. The van der Waals surface area contributed by atoms with Crippen molar-refractivity contribution in [1.82, 2.24) is 14.8 Å². The van der Waals surface area contributed by atoms with Crippen LogP contribution in [-0.2, 0) is 6.61 Å². The van der Waals surface area contributed by atoms with Gasteiger partial charge < -0.3 is 10.5 Å². The lowest BCUT2D eigenvalue weighted by Gasteiger charge is -2.13. The number of benzene rings is 1. The normalized spacial score (nSPS) is 11.0. The Bertz CT molecular complexity index is 560. The van der Waals surface area contributed by atoms with E-state index in [4.69, 9.17) is 10.5 Å². The first-order chi connectivity index (χ1) is 8.99. The molecule has 0 amide bonds. The van der Waals surface area contributed by atoms with E-state index in [1.165, 1.54) is 6.33 Å². The minimum Gasteiger partial charge on any atom is -0.483 e. The fourth-order valence-corrected chi connectivity index (χ4v) is 3.11. The van der Waals surface area contributed by atoms with Crippen LogP contribution >= 0.6 is 31.9 Å². The minimum absolute atomic E-state index is 0.249. The van der Waals surface area contributed by atoms with Crippen LogP contribution in [0, 0.1) is 0 Å². The molecule has 1 aromatic heterocycles. The highest BCUT2D eigenvalue weighted by Crippen LogP contribution is 2.36. The standard InChI is InChI=1S/C12H14Br2N4O/c1-7(2)18-11(16-6-17-18)5-19-12-9(13)3-8(15)4-10(12)14/h3-4,6-7H,5,15H2,1-2H3. The lowest BCUT2D eigenvalue weighted by Crippen LogP contribution is -2.11. The fourth-order valence-electron chi connectivity index (χ4n) is 1.66. The molecule has 1 aromatic carbocycles. The van der Waals surface area contributed by atoms with Crippen LogP contribution in [0.15, 0.2) is 27.4 Å². The van der Waals surface area contributed by atoms with E-state index in [1.807, 2.05) is 18.5 Å². The SMILES string of the molecule is CC(C)n1ncnc1COc1c(Br)cc(N)cc1Br. The molecule has 1 heterocycles. The molecular formula is C12H14Br2N4O. The number of ether oxygens (including phenoxy) is 1. The molecule has 0 aliphatic rings. The molecule has 0 bridgehead atoms. The van der Waals surface area contributed by atoms with Gasteiger partial charge in [0.25, 0.3) is 0 Å². The molecule has 0 saturated heterocycles. The van der Waals surface area contributed by atoms with Gasteiger partial charge in [-0.3, -0.25) is 0 Å². The maximum absolute atomic E-state index is 5.79. The summed E-state index contributed by atoms with van der Waals surface area (Å²) in [5.74, 6) is 1.48. The van der Waals surface area contributed by atoms with Gasteiger partial charge in [-0.1, -0.05) is 0 Å². The molecule has 5 nitrogen and oxygen atoms in total. The maximum atomic E-state index is 5.79. The molecule has 0 unspecified atom stereocenters. The number of nitrogen functional groups attached to an aromatic ring is 1. The van der Waals surface area contributed by atoms with Gasteiger partial charge >= 0.3 is 0 Å². The summed E-state index contributed by atoms with van der Waals surface area (Å²) in [4.78, 5) is 4.20. The van der Waals surface area contributed by atoms with E-state index in [2.05, 4.69) is 41.9 Å². The molecule has 0 atom stereocenters. The summed E-state index contributed by atoms with van der Waals surface area (Å²) >= 11 is 6.86. The van der Waals surface area contributed by atoms with Crippen molar-refractivity contribution in [1.29, 1.82) is 0 Å². The Hall–Kier alpha value is -1.08. The third kappa shape index (κ3) is 3.27. The smallest absolute Gasteiger partial charge is 0.165 e. The Morgan fingerprint density at radius 2 is 1.95 bits per heavy atom. The number of halogens is 2. The number of anilines is 1. The van der Waals surface area contributed by atoms with Crippen molar-refractivity contribution in [3.8, 4) is 5.75 Å². The van der Waals surface area contributed by atoms with Gasteiger partial charge in [-0.25, -0.2) is 9.67 Å². The van der Waals surface area contributed by atoms with E-state index in [-0.39, 0.29) is 6.04 Å². The zero-order valence-corrected chi connectivity index (χ0v) is 13.8. The van der Waals surface area contributed by atoms with Gasteiger partial charge in [0.2, 0.25) is 0 Å². The second-order valence-electron chi connectivity index (χ2n) is 4.32. The molecule has 0 saturated carbocycles. The van der Waals surface area contributed by atoms with Gasteiger partial charge in [0.1, 0.15) is 18.7 Å². The number of rotatable bonds is 4. The van der Waals surface area contributed by atoms with Crippen LogP contribution in [0.2, 0.25) is 0 Å². The first-order valence-electron chi connectivity index (χ1n) is 5.74. The third-order valence-electron chi connectivity index (χ3n) is 2.50. The summed E-state index contributed by atoms with van der Waals surface area (Å²) in [7, 11) is 0. The topological polar surface area (TPSA) is 66.0 Å². The van der Waals surface area contributed by atoms with Crippen LogP contribution in [0.3, 0.4) is 0 Å². The third-order valence-corrected chi connectivity index (χ3v) is 3.68. The highest BCUT2D eigenvalue weighted by molar-refractivity contribution is 9.11. The number of hydrogen-bond donors (Lipinski definition) is 1.